The maximum Gasteiger partial charge on any atom is 0.191 e. The van der Waals surface area contributed by atoms with Gasteiger partial charge in [-0.3, -0.25) is 4.99 Å². The first-order valence-corrected chi connectivity index (χ1v) is 7.61. The minimum absolute atomic E-state index is 0. The first kappa shape index (κ1) is 19.7. The minimum atomic E-state index is 0. The Morgan fingerprint density at radius 1 is 1.30 bits per heavy atom. The fourth-order valence-electron chi connectivity index (χ4n) is 2.25. The van der Waals surface area contributed by atoms with E-state index in [2.05, 4.69) is 29.1 Å². The molecule has 118 valence electrons. The average molecular weight is 395 g/mol. The molecular weight excluding hydrogens is 365 g/mol. The van der Waals surface area contributed by atoms with Crippen molar-refractivity contribution in [3.8, 4) is 0 Å². The summed E-state index contributed by atoms with van der Waals surface area (Å²) in [4.78, 5) is 4.50. The number of nitrogens with one attached hydrogen (secondary N) is 2. The molecule has 0 heterocycles. The van der Waals surface area contributed by atoms with E-state index < -0.39 is 0 Å². The normalized spacial score (nSPS) is 16.4. The monoisotopic (exact) mass is 395 g/mol. The Morgan fingerprint density at radius 3 is 2.70 bits per heavy atom. The van der Waals surface area contributed by atoms with E-state index >= 15 is 0 Å². The van der Waals surface area contributed by atoms with E-state index in [0.29, 0.717) is 6.10 Å². The number of halogens is 1. The lowest BCUT2D eigenvalue weighted by molar-refractivity contribution is 0.0281. The molecule has 0 aromatic heterocycles. The van der Waals surface area contributed by atoms with Crippen molar-refractivity contribution >= 4 is 29.9 Å². The van der Waals surface area contributed by atoms with Gasteiger partial charge in [0.25, 0.3) is 0 Å². The van der Waals surface area contributed by atoms with Gasteiger partial charge in [-0.15, -0.1) is 30.6 Å². The zero-order valence-electron chi connectivity index (χ0n) is 12.7. The molecule has 1 aliphatic carbocycles. The Bertz CT molecular complexity index is 266. The van der Waals surface area contributed by atoms with Gasteiger partial charge >= 0.3 is 0 Å². The van der Waals surface area contributed by atoms with Crippen molar-refractivity contribution in [2.45, 2.75) is 51.6 Å². The molecule has 0 amide bonds. The van der Waals surface area contributed by atoms with E-state index in [4.69, 9.17) is 4.74 Å². The fourth-order valence-corrected chi connectivity index (χ4v) is 2.25. The molecule has 1 fully saturated rings. The summed E-state index contributed by atoms with van der Waals surface area (Å²) in [6.07, 6.45) is 9.85. The third-order valence-corrected chi connectivity index (χ3v) is 3.24. The number of hydrogen-bond acceptors (Lipinski definition) is 2. The topological polar surface area (TPSA) is 45.7 Å². The molecule has 1 aliphatic rings. The Labute approximate surface area is 140 Å². The lowest BCUT2D eigenvalue weighted by Gasteiger charge is -2.21. The molecule has 0 unspecified atom stereocenters. The van der Waals surface area contributed by atoms with Crippen LogP contribution in [-0.2, 0) is 4.74 Å². The molecule has 0 atom stereocenters. The molecule has 1 rings (SSSR count). The highest BCUT2D eigenvalue weighted by Crippen LogP contribution is 2.20. The van der Waals surface area contributed by atoms with Gasteiger partial charge < -0.3 is 15.4 Å². The van der Waals surface area contributed by atoms with Gasteiger partial charge in [0.1, 0.15) is 0 Å². The highest BCUT2D eigenvalue weighted by Gasteiger charge is 2.12. The Morgan fingerprint density at radius 2 is 2.05 bits per heavy atom. The summed E-state index contributed by atoms with van der Waals surface area (Å²) in [5.74, 6) is 0.861. The molecule has 0 aromatic carbocycles. The highest BCUT2D eigenvalue weighted by molar-refractivity contribution is 14.0. The number of ether oxygens (including phenoxy) is 1. The Balaban J connectivity index is 0.00000361. The van der Waals surface area contributed by atoms with E-state index in [9.17, 15) is 0 Å². The molecule has 2 N–H and O–H groups in total. The SMILES string of the molecule is C=CCNC(=NCCCOC1CCCCC1)NCC.I. The van der Waals surface area contributed by atoms with Crippen LogP contribution in [0.15, 0.2) is 17.6 Å². The summed E-state index contributed by atoms with van der Waals surface area (Å²) < 4.78 is 5.88. The maximum atomic E-state index is 5.88. The lowest BCUT2D eigenvalue weighted by atomic mass is 9.98. The summed E-state index contributed by atoms with van der Waals surface area (Å²) in [5.41, 5.74) is 0. The Hall–Kier alpha value is -0.300. The van der Waals surface area contributed by atoms with Crippen LogP contribution in [0.3, 0.4) is 0 Å². The van der Waals surface area contributed by atoms with Crippen LogP contribution in [0.2, 0.25) is 0 Å². The van der Waals surface area contributed by atoms with Gasteiger partial charge in [-0.1, -0.05) is 25.3 Å². The molecule has 0 bridgehead atoms. The van der Waals surface area contributed by atoms with E-state index in [1.54, 1.807) is 0 Å². The van der Waals surface area contributed by atoms with Crippen molar-refractivity contribution in [2.75, 3.05) is 26.2 Å². The first-order chi connectivity index (χ1) is 9.36. The quantitative estimate of drug-likeness (QED) is 0.218. The predicted molar refractivity (Wildman–Crippen MR) is 97.0 cm³/mol. The molecule has 20 heavy (non-hydrogen) atoms. The van der Waals surface area contributed by atoms with Crippen molar-refractivity contribution in [3.63, 3.8) is 0 Å². The van der Waals surface area contributed by atoms with E-state index in [-0.39, 0.29) is 24.0 Å². The van der Waals surface area contributed by atoms with Crippen LogP contribution in [0.1, 0.15) is 45.4 Å². The Kier molecular flexibility index (Phi) is 13.5. The first-order valence-electron chi connectivity index (χ1n) is 7.61. The summed E-state index contributed by atoms with van der Waals surface area (Å²) in [7, 11) is 0. The maximum absolute atomic E-state index is 5.88. The molecule has 4 nitrogen and oxygen atoms in total. The van der Waals surface area contributed by atoms with Crippen LogP contribution in [-0.4, -0.2) is 38.3 Å². The smallest absolute Gasteiger partial charge is 0.191 e. The van der Waals surface area contributed by atoms with Crippen LogP contribution in [0, 0.1) is 0 Å². The van der Waals surface area contributed by atoms with Crippen molar-refractivity contribution < 1.29 is 4.74 Å². The molecule has 0 aliphatic heterocycles. The van der Waals surface area contributed by atoms with E-state index in [1.807, 2.05) is 6.08 Å². The van der Waals surface area contributed by atoms with Crippen molar-refractivity contribution in [1.82, 2.24) is 10.6 Å². The number of rotatable bonds is 8. The standard InChI is InChI=1S/C15H29N3O.HI/c1-3-11-17-15(16-4-2)18-12-8-13-19-14-9-6-5-7-10-14;/h3,14H,1,4-13H2,2H3,(H2,16,17,18);1H. The third kappa shape index (κ3) is 9.58. The molecule has 0 radical (unpaired) electrons. The fraction of sp³-hybridized carbons (Fsp3) is 0.800. The van der Waals surface area contributed by atoms with Gasteiger partial charge in [-0.2, -0.15) is 0 Å². The molecule has 0 aromatic rings. The molecular formula is C15H30IN3O. The molecule has 0 saturated heterocycles. The van der Waals surface area contributed by atoms with Gasteiger partial charge in [0.15, 0.2) is 5.96 Å². The summed E-state index contributed by atoms with van der Waals surface area (Å²) in [6.45, 7) is 9.01. The zero-order valence-corrected chi connectivity index (χ0v) is 15.0. The molecule has 0 spiro atoms. The molecule has 1 saturated carbocycles. The highest BCUT2D eigenvalue weighted by atomic mass is 127. The van der Waals surface area contributed by atoms with Gasteiger partial charge in [0.2, 0.25) is 0 Å². The summed E-state index contributed by atoms with van der Waals surface area (Å²) in [5, 5.41) is 6.40. The average Bonchev–Trinajstić information content (AvgIpc) is 2.45. The zero-order chi connectivity index (χ0) is 13.8. The van der Waals surface area contributed by atoms with Gasteiger partial charge in [0, 0.05) is 26.2 Å². The van der Waals surface area contributed by atoms with Crippen LogP contribution in [0.4, 0.5) is 0 Å². The second-order valence-electron chi connectivity index (χ2n) is 4.91. The third-order valence-electron chi connectivity index (χ3n) is 3.24. The summed E-state index contributed by atoms with van der Waals surface area (Å²) >= 11 is 0. The number of aliphatic imine (C=N–C) groups is 1. The van der Waals surface area contributed by atoms with Crippen molar-refractivity contribution in [3.05, 3.63) is 12.7 Å². The van der Waals surface area contributed by atoms with Crippen molar-refractivity contribution in [2.24, 2.45) is 4.99 Å². The largest absolute Gasteiger partial charge is 0.378 e. The van der Waals surface area contributed by atoms with Crippen LogP contribution >= 0.6 is 24.0 Å². The number of hydrogen-bond donors (Lipinski definition) is 2. The lowest BCUT2D eigenvalue weighted by Crippen LogP contribution is -2.37. The van der Waals surface area contributed by atoms with Gasteiger partial charge in [-0.25, -0.2) is 0 Å². The molecule has 5 heteroatoms. The van der Waals surface area contributed by atoms with Gasteiger partial charge in [-0.05, 0) is 26.2 Å². The van der Waals surface area contributed by atoms with Crippen LogP contribution in [0.5, 0.6) is 0 Å². The van der Waals surface area contributed by atoms with Crippen LogP contribution in [0.25, 0.3) is 0 Å². The van der Waals surface area contributed by atoms with Gasteiger partial charge in [0.05, 0.1) is 6.10 Å². The second-order valence-corrected chi connectivity index (χ2v) is 4.91. The number of nitrogens with zero attached hydrogens (tertiary/aromatic N) is 1. The van der Waals surface area contributed by atoms with E-state index in [0.717, 1.165) is 38.6 Å². The summed E-state index contributed by atoms with van der Waals surface area (Å²) in [6, 6.07) is 0. The van der Waals surface area contributed by atoms with Crippen LogP contribution < -0.4 is 10.6 Å². The minimum Gasteiger partial charge on any atom is -0.378 e. The number of guanidine groups is 1. The predicted octanol–water partition coefficient (Wildman–Crippen LogP) is 3.08. The second kappa shape index (κ2) is 13.7. The van der Waals surface area contributed by atoms with Crippen molar-refractivity contribution in [1.29, 1.82) is 0 Å². The van der Waals surface area contributed by atoms with E-state index in [1.165, 1.54) is 32.1 Å².